The van der Waals surface area contributed by atoms with E-state index in [9.17, 15) is 9.18 Å². The van der Waals surface area contributed by atoms with E-state index in [0.717, 1.165) is 24.6 Å². The molecule has 0 bridgehead atoms. The van der Waals surface area contributed by atoms with Crippen LogP contribution in [0.15, 0.2) is 29.4 Å². The molecule has 9 heteroatoms. The molecule has 0 atom stereocenters. The number of hydrogen-bond acceptors (Lipinski definition) is 6. The van der Waals surface area contributed by atoms with Crippen LogP contribution in [0.5, 0.6) is 0 Å². The zero-order valence-corrected chi connectivity index (χ0v) is 16.4. The second-order valence-corrected chi connectivity index (χ2v) is 7.54. The van der Waals surface area contributed by atoms with Crippen LogP contribution in [0.25, 0.3) is 5.69 Å². The average Bonchev–Trinajstić information content (AvgIpc) is 3.10. The fourth-order valence-corrected chi connectivity index (χ4v) is 3.90. The summed E-state index contributed by atoms with van der Waals surface area (Å²) in [6.07, 6.45) is 3.88. The summed E-state index contributed by atoms with van der Waals surface area (Å²) < 4.78 is 15.3. The Morgan fingerprint density at radius 3 is 2.68 bits per heavy atom. The van der Waals surface area contributed by atoms with E-state index in [-0.39, 0.29) is 23.9 Å². The predicted molar refractivity (Wildman–Crippen MR) is 104 cm³/mol. The van der Waals surface area contributed by atoms with E-state index in [1.165, 1.54) is 43.2 Å². The number of nitriles is 1. The lowest BCUT2D eigenvalue weighted by molar-refractivity contribution is -0.118. The first kappa shape index (κ1) is 20.3. The van der Waals surface area contributed by atoms with Gasteiger partial charge in [0, 0.05) is 12.2 Å². The summed E-state index contributed by atoms with van der Waals surface area (Å²) in [5, 5.41) is 20.5. The Balaban J connectivity index is 1.76. The summed E-state index contributed by atoms with van der Waals surface area (Å²) in [7, 11) is 0. The number of amides is 1. The van der Waals surface area contributed by atoms with Crippen molar-refractivity contribution in [3.05, 3.63) is 35.9 Å². The summed E-state index contributed by atoms with van der Waals surface area (Å²) in [5.41, 5.74) is 0.769. The lowest BCUT2D eigenvalue weighted by Gasteiger charge is -2.26. The molecule has 1 fully saturated rings. The zero-order chi connectivity index (χ0) is 19.8. The van der Waals surface area contributed by atoms with Gasteiger partial charge in [0.15, 0.2) is 11.0 Å². The molecule has 1 aliphatic rings. The number of halogens is 1. The predicted octanol–water partition coefficient (Wildman–Crippen LogP) is 2.51. The van der Waals surface area contributed by atoms with Crippen molar-refractivity contribution in [1.29, 1.82) is 5.26 Å². The van der Waals surface area contributed by atoms with Crippen LogP contribution < -0.4 is 5.32 Å². The molecule has 1 N–H and O–H groups in total. The summed E-state index contributed by atoms with van der Waals surface area (Å²) in [6, 6.07) is 8.18. The third-order valence-corrected chi connectivity index (χ3v) is 5.42. The van der Waals surface area contributed by atoms with Gasteiger partial charge >= 0.3 is 0 Å². The molecule has 0 radical (unpaired) electrons. The first-order chi connectivity index (χ1) is 13.7. The highest BCUT2D eigenvalue weighted by atomic mass is 32.2. The Labute approximate surface area is 167 Å². The number of aromatic nitrogens is 3. The van der Waals surface area contributed by atoms with Gasteiger partial charge in [0.25, 0.3) is 0 Å². The molecule has 1 aliphatic heterocycles. The van der Waals surface area contributed by atoms with Crippen molar-refractivity contribution in [2.24, 2.45) is 0 Å². The normalized spacial score (nSPS) is 14.6. The van der Waals surface area contributed by atoms with E-state index in [1.54, 1.807) is 12.1 Å². The Bertz CT molecular complexity index is 826. The summed E-state index contributed by atoms with van der Waals surface area (Å²) in [6.45, 7) is 3.06. The maximum atomic E-state index is 13.4. The largest absolute Gasteiger partial charge is 0.354 e. The molecule has 3 rings (SSSR count). The molecule has 1 amide bonds. The van der Waals surface area contributed by atoms with Crippen molar-refractivity contribution in [2.75, 3.05) is 25.4 Å². The fourth-order valence-electron chi connectivity index (χ4n) is 3.10. The lowest BCUT2D eigenvalue weighted by Crippen LogP contribution is -2.30. The van der Waals surface area contributed by atoms with Gasteiger partial charge in [-0.2, -0.15) is 5.26 Å². The molecular formula is C19H23FN6OS. The third-order valence-electron chi connectivity index (χ3n) is 4.49. The smallest absolute Gasteiger partial charge is 0.230 e. The van der Waals surface area contributed by atoms with Gasteiger partial charge in [-0.1, -0.05) is 18.2 Å². The van der Waals surface area contributed by atoms with Gasteiger partial charge in [0.1, 0.15) is 5.82 Å². The number of nitrogens with zero attached hydrogens (tertiary/aromatic N) is 5. The maximum absolute atomic E-state index is 13.4. The summed E-state index contributed by atoms with van der Waals surface area (Å²) in [5.74, 6) is 0.488. The molecule has 0 unspecified atom stereocenters. The molecule has 1 saturated heterocycles. The number of piperidine rings is 1. The molecule has 28 heavy (non-hydrogen) atoms. The lowest BCUT2D eigenvalue weighted by atomic mass is 10.1. The Morgan fingerprint density at radius 2 is 1.96 bits per heavy atom. The number of rotatable bonds is 8. The number of benzene rings is 1. The Kier molecular flexibility index (Phi) is 7.39. The summed E-state index contributed by atoms with van der Waals surface area (Å²) in [4.78, 5) is 14.3. The van der Waals surface area contributed by atoms with E-state index in [1.807, 2.05) is 10.6 Å². The number of hydrogen-bond donors (Lipinski definition) is 1. The topological polar surface area (TPSA) is 86.8 Å². The molecule has 1 aromatic carbocycles. The number of likely N-dealkylation sites (tertiary alicyclic amines) is 1. The monoisotopic (exact) mass is 402 g/mol. The Morgan fingerprint density at radius 1 is 1.21 bits per heavy atom. The van der Waals surface area contributed by atoms with Crippen molar-refractivity contribution in [1.82, 2.24) is 25.0 Å². The molecule has 0 spiro atoms. The molecule has 1 aromatic heterocycles. The standard InChI is InChI=1S/C19H23FN6OS/c20-15-5-7-16(8-6-15)26-17(13-25-11-2-1-3-12-25)23-24-19(26)28-14-18(27)22-10-4-9-21/h5-8H,1-4,10-14H2,(H,22,27). The van der Waals surface area contributed by atoms with Crippen LogP contribution in [-0.4, -0.2) is 51.0 Å². The van der Waals surface area contributed by atoms with Gasteiger partial charge in [-0.15, -0.1) is 10.2 Å². The van der Waals surface area contributed by atoms with Gasteiger partial charge in [0.2, 0.25) is 5.91 Å². The van der Waals surface area contributed by atoms with Crippen molar-refractivity contribution in [3.63, 3.8) is 0 Å². The molecule has 2 heterocycles. The number of carbonyl (C=O) groups excluding carboxylic acids is 1. The second kappa shape index (κ2) is 10.2. The number of carbonyl (C=O) groups is 1. The van der Waals surface area contributed by atoms with Crippen LogP contribution in [0.4, 0.5) is 4.39 Å². The van der Waals surface area contributed by atoms with Crippen molar-refractivity contribution >= 4 is 17.7 Å². The van der Waals surface area contributed by atoms with E-state index in [4.69, 9.17) is 5.26 Å². The van der Waals surface area contributed by atoms with E-state index in [0.29, 0.717) is 18.2 Å². The van der Waals surface area contributed by atoms with Crippen LogP contribution in [-0.2, 0) is 11.3 Å². The SMILES string of the molecule is N#CCCNC(=O)CSc1nnc(CN2CCCCC2)n1-c1ccc(F)cc1. The molecular weight excluding hydrogens is 379 g/mol. The third kappa shape index (κ3) is 5.53. The molecule has 0 saturated carbocycles. The van der Waals surface area contributed by atoms with Crippen molar-refractivity contribution in [2.45, 2.75) is 37.4 Å². The molecule has 0 aliphatic carbocycles. The highest BCUT2D eigenvalue weighted by Gasteiger charge is 2.19. The quantitative estimate of drug-likeness (QED) is 0.539. The van der Waals surface area contributed by atoms with Crippen molar-refractivity contribution < 1.29 is 9.18 Å². The van der Waals surface area contributed by atoms with E-state index < -0.39 is 0 Å². The molecule has 148 valence electrons. The van der Waals surface area contributed by atoms with Gasteiger partial charge in [-0.25, -0.2) is 4.39 Å². The molecule has 7 nitrogen and oxygen atoms in total. The highest BCUT2D eigenvalue weighted by Crippen LogP contribution is 2.24. The van der Waals surface area contributed by atoms with Crippen molar-refractivity contribution in [3.8, 4) is 11.8 Å². The first-order valence-corrected chi connectivity index (χ1v) is 10.3. The minimum Gasteiger partial charge on any atom is -0.354 e. The van der Waals surface area contributed by atoms with Gasteiger partial charge in [-0.3, -0.25) is 14.3 Å². The van der Waals surface area contributed by atoms with Crippen LogP contribution in [0.2, 0.25) is 0 Å². The minimum absolute atomic E-state index is 0.161. The van der Waals surface area contributed by atoms with Gasteiger partial charge < -0.3 is 5.32 Å². The van der Waals surface area contributed by atoms with Crippen LogP contribution in [0.1, 0.15) is 31.5 Å². The summed E-state index contributed by atoms with van der Waals surface area (Å²) >= 11 is 1.28. The van der Waals surface area contributed by atoms with Crippen LogP contribution >= 0.6 is 11.8 Å². The number of nitrogens with one attached hydrogen (secondary N) is 1. The average molecular weight is 402 g/mol. The highest BCUT2D eigenvalue weighted by molar-refractivity contribution is 7.99. The number of thioether (sulfide) groups is 1. The van der Waals surface area contributed by atoms with E-state index in [2.05, 4.69) is 20.4 Å². The van der Waals surface area contributed by atoms with Crippen LogP contribution in [0, 0.1) is 17.1 Å². The molecule has 2 aromatic rings. The first-order valence-electron chi connectivity index (χ1n) is 9.36. The van der Waals surface area contributed by atoms with E-state index >= 15 is 0 Å². The fraction of sp³-hybridized carbons (Fsp3) is 0.474. The maximum Gasteiger partial charge on any atom is 0.230 e. The second-order valence-electron chi connectivity index (χ2n) is 6.59. The zero-order valence-electron chi connectivity index (χ0n) is 15.6. The van der Waals surface area contributed by atoms with Gasteiger partial charge in [0.05, 0.1) is 24.8 Å². The van der Waals surface area contributed by atoms with Crippen LogP contribution in [0.3, 0.4) is 0 Å². The Hall–Kier alpha value is -2.44. The van der Waals surface area contributed by atoms with Gasteiger partial charge in [-0.05, 0) is 50.2 Å². The minimum atomic E-state index is -0.305.